The van der Waals surface area contributed by atoms with Crippen molar-refractivity contribution >= 4 is 11.9 Å². The smallest absolute Gasteiger partial charge is 0.339 e. The summed E-state index contributed by atoms with van der Waals surface area (Å²) >= 11 is 0. The van der Waals surface area contributed by atoms with Crippen molar-refractivity contribution in [3.63, 3.8) is 0 Å². The number of aromatic carboxylic acids is 1. The van der Waals surface area contributed by atoms with Crippen LogP contribution >= 0.6 is 0 Å². The van der Waals surface area contributed by atoms with Gasteiger partial charge in [-0.1, -0.05) is 26.2 Å². The fourth-order valence-corrected chi connectivity index (χ4v) is 4.22. The maximum atomic E-state index is 12.8. The topological polar surface area (TPSA) is 70.8 Å². The highest BCUT2D eigenvalue weighted by Gasteiger charge is 2.38. The summed E-state index contributed by atoms with van der Waals surface area (Å²) in [5.74, 6) is -0.638. The maximum absolute atomic E-state index is 12.8. The van der Waals surface area contributed by atoms with Gasteiger partial charge in [0.25, 0.3) is 5.91 Å². The van der Waals surface area contributed by atoms with Crippen LogP contribution in [-0.4, -0.2) is 35.0 Å². The van der Waals surface area contributed by atoms with Gasteiger partial charge in [-0.3, -0.25) is 4.79 Å². The second-order valence-corrected chi connectivity index (χ2v) is 7.00. The molecule has 0 bridgehead atoms. The molecule has 2 heterocycles. The number of carbonyl (C=O) groups excluding carboxylic acids is 1. The summed E-state index contributed by atoms with van der Waals surface area (Å²) in [5, 5.41) is 9.22. The highest BCUT2D eigenvalue weighted by molar-refractivity contribution is 5.96. The highest BCUT2D eigenvalue weighted by Crippen LogP contribution is 2.43. The van der Waals surface area contributed by atoms with E-state index in [9.17, 15) is 14.7 Å². The molecule has 23 heavy (non-hydrogen) atoms. The lowest BCUT2D eigenvalue weighted by Crippen LogP contribution is -2.46. The van der Waals surface area contributed by atoms with Gasteiger partial charge >= 0.3 is 5.97 Å². The van der Waals surface area contributed by atoms with Gasteiger partial charge in [0.1, 0.15) is 11.3 Å². The maximum Gasteiger partial charge on any atom is 0.339 e. The fraction of sp³-hybridized carbons (Fsp3) is 0.667. The van der Waals surface area contributed by atoms with Crippen molar-refractivity contribution in [2.75, 3.05) is 13.1 Å². The predicted molar refractivity (Wildman–Crippen MR) is 85.7 cm³/mol. The first-order valence-electron chi connectivity index (χ1n) is 8.70. The molecule has 1 spiro atoms. The van der Waals surface area contributed by atoms with Gasteiger partial charge in [-0.15, -0.1) is 0 Å². The van der Waals surface area contributed by atoms with Gasteiger partial charge in [0.15, 0.2) is 5.76 Å². The van der Waals surface area contributed by atoms with Crippen molar-refractivity contribution in [1.82, 2.24) is 4.90 Å². The molecule has 0 unspecified atom stereocenters. The largest absolute Gasteiger partial charge is 0.478 e. The van der Waals surface area contributed by atoms with Crippen molar-refractivity contribution < 1.29 is 19.1 Å². The first-order valence-corrected chi connectivity index (χ1v) is 8.70. The number of piperidine rings is 1. The van der Waals surface area contributed by atoms with Gasteiger partial charge in [-0.2, -0.15) is 0 Å². The summed E-state index contributed by atoms with van der Waals surface area (Å²) in [5.41, 5.74) is 0.391. The zero-order valence-electron chi connectivity index (χ0n) is 13.8. The van der Waals surface area contributed by atoms with E-state index in [1.54, 1.807) is 0 Å². The van der Waals surface area contributed by atoms with Crippen LogP contribution in [0.4, 0.5) is 0 Å². The van der Waals surface area contributed by atoms with E-state index in [4.69, 9.17) is 4.42 Å². The molecule has 0 atom stereocenters. The molecular formula is C18H25NO4. The Labute approximate surface area is 136 Å². The lowest BCUT2D eigenvalue weighted by Gasteiger charge is -2.45. The molecule has 3 rings (SSSR count). The molecule has 1 saturated carbocycles. The molecule has 126 valence electrons. The van der Waals surface area contributed by atoms with Gasteiger partial charge in [-0.25, -0.2) is 4.79 Å². The standard InChI is InChI=1S/C18H25NO4/c1-2-14-13(17(21)22)11-15(23-14)16(20)19-10-6-9-18(12-19)7-4-3-5-8-18/h11H,2-10,12H2,1H3,(H,21,22). The van der Waals surface area contributed by atoms with E-state index in [1.165, 1.54) is 44.6 Å². The van der Waals surface area contributed by atoms with Crippen LogP contribution in [-0.2, 0) is 6.42 Å². The summed E-state index contributed by atoms with van der Waals surface area (Å²) in [6, 6.07) is 1.39. The lowest BCUT2D eigenvalue weighted by molar-refractivity contribution is 0.0359. The normalized spacial score (nSPS) is 20.7. The first-order chi connectivity index (χ1) is 11.0. The van der Waals surface area contributed by atoms with Crippen LogP contribution in [0, 0.1) is 5.41 Å². The number of amides is 1. The Bertz CT molecular complexity index is 593. The van der Waals surface area contributed by atoms with Gasteiger partial charge in [0.2, 0.25) is 0 Å². The van der Waals surface area contributed by atoms with Crippen LogP contribution in [0.2, 0.25) is 0 Å². The van der Waals surface area contributed by atoms with Crippen molar-refractivity contribution in [3.8, 4) is 0 Å². The van der Waals surface area contributed by atoms with Gasteiger partial charge in [0.05, 0.1) is 0 Å². The number of hydrogen-bond acceptors (Lipinski definition) is 3. The molecule has 1 N–H and O–H groups in total. The molecule has 1 aromatic heterocycles. The van der Waals surface area contributed by atoms with E-state index >= 15 is 0 Å². The second kappa shape index (κ2) is 6.38. The number of rotatable bonds is 3. The molecule has 2 fully saturated rings. The van der Waals surface area contributed by atoms with Gasteiger partial charge in [-0.05, 0) is 31.1 Å². The second-order valence-electron chi connectivity index (χ2n) is 7.00. The molecule has 1 amide bonds. The highest BCUT2D eigenvalue weighted by atomic mass is 16.4. The average molecular weight is 319 g/mol. The number of hydrogen-bond donors (Lipinski definition) is 1. The molecule has 2 aliphatic rings. The number of nitrogens with zero attached hydrogens (tertiary/aromatic N) is 1. The predicted octanol–water partition coefficient (Wildman–Crippen LogP) is 3.73. The van der Waals surface area contributed by atoms with Crippen molar-refractivity contribution in [1.29, 1.82) is 0 Å². The SMILES string of the molecule is CCc1oc(C(=O)N2CCCC3(CCCCC3)C2)cc1C(=O)O. The van der Waals surface area contributed by atoms with Crippen molar-refractivity contribution in [2.45, 2.75) is 58.3 Å². The third-order valence-corrected chi connectivity index (χ3v) is 5.43. The summed E-state index contributed by atoms with van der Waals surface area (Å²) in [4.78, 5) is 25.9. The van der Waals surface area contributed by atoms with Crippen LogP contribution in [0.15, 0.2) is 10.5 Å². The minimum atomic E-state index is -1.04. The number of carboxylic acids is 1. The summed E-state index contributed by atoms with van der Waals surface area (Å²) in [6.07, 6.45) is 8.92. The number of likely N-dealkylation sites (tertiary alicyclic amines) is 1. The van der Waals surface area contributed by atoms with E-state index < -0.39 is 5.97 Å². The molecule has 5 nitrogen and oxygen atoms in total. The van der Waals surface area contributed by atoms with Crippen molar-refractivity contribution in [2.24, 2.45) is 5.41 Å². The Balaban J connectivity index is 1.78. The first kappa shape index (κ1) is 16.1. The van der Waals surface area contributed by atoms with Gasteiger partial charge in [0, 0.05) is 25.6 Å². The number of aryl methyl sites for hydroxylation is 1. The Hall–Kier alpha value is -1.78. The molecule has 1 aliphatic carbocycles. The van der Waals surface area contributed by atoms with E-state index in [1.807, 2.05) is 11.8 Å². The average Bonchev–Trinajstić information content (AvgIpc) is 2.99. The van der Waals surface area contributed by atoms with Crippen LogP contribution in [0.5, 0.6) is 0 Å². The molecule has 1 aliphatic heterocycles. The zero-order chi connectivity index (χ0) is 16.4. The zero-order valence-corrected chi connectivity index (χ0v) is 13.8. The minimum Gasteiger partial charge on any atom is -0.478 e. The third kappa shape index (κ3) is 3.14. The summed E-state index contributed by atoms with van der Waals surface area (Å²) in [6.45, 7) is 3.36. The molecule has 5 heteroatoms. The van der Waals surface area contributed by atoms with Crippen LogP contribution < -0.4 is 0 Å². The molecule has 0 aromatic carbocycles. The van der Waals surface area contributed by atoms with Gasteiger partial charge < -0.3 is 14.4 Å². The Morgan fingerprint density at radius 3 is 2.52 bits per heavy atom. The number of carboxylic acid groups (broad SMARTS) is 1. The van der Waals surface area contributed by atoms with Crippen LogP contribution in [0.25, 0.3) is 0 Å². The number of carbonyl (C=O) groups is 2. The Kier molecular flexibility index (Phi) is 4.46. The Morgan fingerprint density at radius 2 is 1.91 bits per heavy atom. The third-order valence-electron chi connectivity index (χ3n) is 5.43. The van der Waals surface area contributed by atoms with E-state index in [2.05, 4.69) is 0 Å². The Morgan fingerprint density at radius 1 is 1.22 bits per heavy atom. The monoisotopic (exact) mass is 319 g/mol. The van der Waals surface area contributed by atoms with Crippen molar-refractivity contribution in [3.05, 3.63) is 23.2 Å². The molecule has 1 aromatic rings. The molecular weight excluding hydrogens is 294 g/mol. The molecule has 0 radical (unpaired) electrons. The fourth-order valence-electron chi connectivity index (χ4n) is 4.22. The lowest BCUT2D eigenvalue weighted by atomic mass is 9.69. The summed E-state index contributed by atoms with van der Waals surface area (Å²) < 4.78 is 5.54. The van der Waals surface area contributed by atoms with E-state index in [0.29, 0.717) is 12.2 Å². The van der Waals surface area contributed by atoms with E-state index in [0.717, 1.165) is 19.5 Å². The van der Waals surface area contributed by atoms with Crippen LogP contribution in [0.3, 0.4) is 0 Å². The van der Waals surface area contributed by atoms with E-state index in [-0.39, 0.29) is 22.6 Å². The quantitative estimate of drug-likeness (QED) is 0.921. The number of furan rings is 1. The minimum absolute atomic E-state index is 0.111. The molecule has 1 saturated heterocycles. The van der Waals surface area contributed by atoms with Crippen LogP contribution in [0.1, 0.15) is 78.5 Å². The summed E-state index contributed by atoms with van der Waals surface area (Å²) in [7, 11) is 0.